The molecule has 1 aromatic carbocycles. The Balaban J connectivity index is 1.98. The molecule has 9 heteroatoms. The number of thiocarbonyl (C=S) groups is 1. The molecule has 0 spiro atoms. The number of carbonyl (C=O) groups is 1. The van der Waals surface area contributed by atoms with Gasteiger partial charge >= 0.3 is 0 Å². The van der Waals surface area contributed by atoms with E-state index in [-0.39, 0.29) is 11.5 Å². The highest BCUT2D eigenvalue weighted by molar-refractivity contribution is 8.30. The Kier molecular flexibility index (Phi) is 4.96. The van der Waals surface area contributed by atoms with E-state index in [1.165, 1.54) is 23.1 Å². The molecule has 1 fully saturated rings. The molecule has 0 unspecified atom stereocenters. The summed E-state index contributed by atoms with van der Waals surface area (Å²) in [6.07, 6.45) is 0. The van der Waals surface area contributed by atoms with Gasteiger partial charge < -0.3 is 4.90 Å². The van der Waals surface area contributed by atoms with Crippen molar-refractivity contribution in [2.75, 3.05) is 18.5 Å². The monoisotopic (exact) mass is 435 g/mol. The Labute approximate surface area is 174 Å². The van der Waals surface area contributed by atoms with Crippen LogP contribution in [-0.2, 0) is 11.3 Å². The molecule has 1 amide bonds. The van der Waals surface area contributed by atoms with E-state index >= 15 is 0 Å². The molecule has 1 saturated heterocycles. The van der Waals surface area contributed by atoms with Gasteiger partial charge in [0, 0.05) is 25.0 Å². The predicted octanol–water partition coefficient (Wildman–Crippen LogP) is 2.23. The van der Waals surface area contributed by atoms with Crippen molar-refractivity contribution in [3.05, 3.63) is 43.8 Å². The van der Waals surface area contributed by atoms with Crippen LogP contribution in [-0.4, -0.2) is 33.3 Å². The zero-order valence-corrected chi connectivity index (χ0v) is 18.3. The van der Waals surface area contributed by atoms with E-state index in [1.54, 1.807) is 21.2 Å². The Morgan fingerprint density at radius 1 is 1.07 bits per heavy atom. The number of fused-ring (bicyclic) bond motifs is 1. The summed E-state index contributed by atoms with van der Waals surface area (Å²) in [4.78, 5) is 31.2. The molecule has 1 aromatic heterocycles. The summed E-state index contributed by atoms with van der Waals surface area (Å²) >= 11 is 9.60. The minimum Gasteiger partial charge on any atom is -0.337 e. The van der Waals surface area contributed by atoms with Crippen molar-refractivity contribution in [1.82, 2.24) is 9.47 Å². The van der Waals surface area contributed by atoms with Gasteiger partial charge in [-0.2, -0.15) is 0 Å². The number of carbonyl (C=O) groups excluding carboxylic acids is 1. The van der Waals surface area contributed by atoms with E-state index < -0.39 is 0 Å². The van der Waals surface area contributed by atoms with Crippen LogP contribution in [0.25, 0.3) is 9.93 Å². The van der Waals surface area contributed by atoms with Crippen LogP contribution in [0.5, 0.6) is 0 Å². The third-order valence-corrected chi connectivity index (χ3v) is 8.61. The highest BCUT2D eigenvalue weighted by Crippen LogP contribution is 2.45. The van der Waals surface area contributed by atoms with Crippen LogP contribution in [0.4, 0.5) is 5.69 Å². The minimum absolute atomic E-state index is 0.0542. The summed E-state index contributed by atoms with van der Waals surface area (Å²) in [7, 11) is 1.97. The summed E-state index contributed by atoms with van der Waals surface area (Å²) in [6, 6.07) is 8.09. The molecule has 0 bridgehead atoms. The van der Waals surface area contributed by atoms with Gasteiger partial charge in [-0.15, -0.1) is 11.3 Å². The molecule has 2 aromatic rings. The number of hydrogen-bond donors (Lipinski definition) is 0. The van der Waals surface area contributed by atoms with Gasteiger partial charge in [0.15, 0.2) is 0 Å². The van der Waals surface area contributed by atoms with Gasteiger partial charge in [-0.1, -0.05) is 47.9 Å². The Bertz CT molecular complexity index is 1150. The van der Waals surface area contributed by atoms with E-state index in [2.05, 4.69) is 6.07 Å². The minimum atomic E-state index is -0.108. The molecule has 2 aliphatic rings. The zero-order chi connectivity index (χ0) is 19.3. The van der Waals surface area contributed by atoms with Crippen LogP contribution >= 0.6 is 47.1 Å². The second kappa shape index (κ2) is 7.12. The predicted molar refractivity (Wildman–Crippen MR) is 119 cm³/mol. The van der Waals surface area contributed by atoms with Crippen molar-refractivity contribution in [1.29, 1.82) is 0 Å². The number of thioether (sulfide) groups is 2. The SMILES string of the molecule is CCN1C(=O)C(=c2sc(=C3Sc4ccccc4N3C)c(=O)n2CC)SC1=S. The Hall–Kier alpha value is -1.55. The van der Waals surface area contributed by atoms with Crippen LogP contribution < -0.4 is 19.7 Å². The lowest BCUT2D eigenvalue weighted by atomic mass is 10.3. The number of nitrogens with zero attached hydrogens (tertiary/aromatic N) is 3. The number of para-hydroxylation sites is 1. The number of aromatic nitrogens is 1. The molecule has 140 valence electrons. The molecule has 3 heterocycles. The first kappa shape index (κ1) is 18.8. The van der Waals surface area contributed by atoms with Crippen LogP contribution in [0.1, 0.15) is 13.8 Å². The second-order valence-corrected chi connectivity index (χ2v) is 9.64. The van der Waals surface area contributed by atoms with Crippen molar-refractivity contribution in [3.8, 4) is 0 Å². The van der Waals surface area contributed by atoms with E-state index in [0.717, 1.165) is 15.6 Å². The topological polar surface area (TPSA) is 45.6 Å². The maximum absolute atomic E-state index is 13.1. The quantitative estimate of drug-likeness (QED) is 0.674. The zero-order valence-electron chi connectivity index (χ0n) is 15.0. The molecule has 0 aliphatic carbocycles. The fourth-order valence-corrected chi connectivity index (χ4v) is 7.15. The highest BCUT2D eigenvalue weighted by atomic mass is 32.2. The normalized spacial score (nSPS) is 20.7. The lowest BCUT2D eigenvalue weighted by Crippen LogP contribution is -2.34. The molecule has 27 heavy (non-hydrogen) atoms. The van der Waals surface area contributed by atoms with Crippen molar-refractivity contribution in [2.45, 2.75) is 25.3 Å². The molecular formula is C18H17N3O2S4. The van der Waals surface area contributed by atoms with Crippen molar-refractivity contribution >= 4 is 72.9 Å². The molecular weight excluding hydrogens is 418 g/mol. The van der Waals surface area contributed by atoms with Crippen LogP contribution in [0.3, 0.4) is 0 Å². The first-order valence-corrected chi connectivity index (χ1v) is 11.4. The lowest BCUT2D eigenvalue weighted by Gasteiger charge is -2.11. The number of anilines is 1. The van der Waals surface area contributed by atoms with Crippen molar-refractivity contribution < 1.29 is 4.79 Å². The van der Waals surface area contributed by atoms with Gasteiger partial charge in [-0.05, 0) is 26.0 Å². The van der Waals surface area contributed by atoms with Gasteiger partial charge in [0.25, 0.3) is 11.5 Å². The smallest absolute Gasteiger partial charge is 0.271 e. The van der Waals surface area contributed by atoms with Gasteiger partial charge in [-0.3, -0.25) is 19.1 Å². The average Bonchev–Trinajstić information content (AvgIpc) is 3.26. The molecule has 0 N–H and O–H groups in total. The summed E-state index contributed by atoms with van der Waals surface area (Å²) in [6.45, 7) is 4.87. The van der Waals surface area contributed by atoms with Gasteiger partial charge in [-0.25, -0.2) is 0 Å². The standard InChI is InChI=1S/C18H17N3O2S4/c1-4-20-14(22)12(16-19(3)10-8-6-7-9-11(10)25-16)26-17(20)13-15(23)21(5-2)18(24)27-13/h6-9H,4-5H2,1-3H3. The van der Waals surface area contributed by atoms with Crippen molar-refractivity contribution in [2.24, 2.45) is 0 Å². The first-order valence-electron chi connectivity index (χ1n) is 8.50. The summed E-state index contributed by atoms with van der Waals surface area (Å²) in [5.41, 5.74) is 1.04. The molecule has 0 atom stereocenters. The summed E-state index contributed by atoms with van der Waals surface area (Å²) in [5.74, 6) is -0.108. The third kappa shape index (κ3) is 2.88. The maximum atomic E-state index is 13.1. The van der Waals surface area contributed by atoms with Crippen LogP contribution in [0.2, 0.25) is 0 Å². The van der Waals surface area contributed by atoms with Crippen molar-refractivity contribution in [3.63, 3.8) is 0 Å². The number of benzene rings is 1. The Morgan fingerprint density at radius 2 is 1.81 bits per heavy atom. The largest absolute Gasteiger partial charge is 0.337 e. The van der Waals surface area contributed by atoms with E-state index in [0.29, 0.717) is 31.5 Å². The summed E-state index contributed by atoms with van der Waals surface area (Å²) < 4.78 is 3.60. The fraction of sp³-hybridized carbons (Fsp3) is 0.278. The van der Waals surface area contributed by atoms with Gasteiger partial charge in [0.1, 0.15) is 23.4 Å². The molecule has 5 nitrogen and oxygen atoms in total. The molecule has 0 radical (unpaired) electrons. The van der Waals surface area contributed by atoms with E-state index in [1.807, 2.05) is 44.0 Å². The average molecular weight is 436 g/mol. The molecule has 4 rings (SSSR count). The fourth-order valence-electron chi connectivity index (χ4n) is 3.10. The maximum Gasteiger partial charge on any atom is 0.271 e. The van der Waals surface area contributed by atoms with Gasteiger partial charge in [0.05, 0.1) is 5.69 Å². The second-order valence-electron chi connectivity index (χ2n) is 5.97. The first-order chi connectivity index (χ1) is 13.0. The third-order valence-electron chi connectivity index (χ3n) is 4.49. The van der Waals surface area contributed by atoms with Crippen LogP contribution in [0, 0.1) is 0 Å². The molecule has 2 aliphatic heterocycles. The van der Waals surface area contributed by atoms with Gasteiger partial charge in [0.2, 0.25) is 0 Å². The number of rotatable bonds is 2. The number of hydrogen-bond acceptors (Lipinski definition) is 7. The van der Waals surface area contributed by atoms with E-state index in [4.69, 9.17) is 12.2 Å². The number of thiazole rings is 1. The Morgan fingerprint density at radius 3 is 2.44 bits per heavy atom. The van der Waals surface area contributed by atoms with E-state index in [9.17, 15) is 9.59 Å². The summed E-state index contributed by atoms with van der Waals surface area (Å²) in [5, 5.41) is 0.908. The highest BCUT2D eigenvalue weighted by Gasteiger charge is 2.33. The molecule has 0 saturated carbocycles. The lowest BCUT2D eigenvalue weighted by molar-refractivity contribution is -0.120. The van der Waals surface area contributed by atoms with Crippen LogP contribution in [0.15, 0.2) is 34.0 Å². The number of amides is 1.